The van der Waals surface area contributed by atoms with Crippen LogP contribution < -0.4 is 21.3 Å². The fourth-order valence-electron chi connectivity index (χ4n) is 3.33. The third-order valence-electron chi connectivity index (χ3n) is 6.11. The van der Waals surface area contributed by atoms with Crippen LogP contribution >= 0.6 is 0 Å². The highest BCUT2D eigenvalue weighted by atomic mass is 16.5. The SMILES string of the molecule is CC(C)C(=O)NCCN(CCNC(=O)C(C)C)CCOCCN(CCNC(=O)C(C)C)CCNC(=O)C(C)C. The molecule has 4 amide bonds. The molecule has 0 unspecified atom stereocenters. The average Bonchev–Trinajstić information content (AvgIpc) is 2.86. The van der Waals surface area contributed by atoms with E-state index in [4.69, 9.17) is 4.74 Å². The first-order valence-electron chi connectivity index (χ1n) is 14.5. The summed E-state index contributed by atoms with van der Waals surface area (Å²) in [5.41, 5.74) is 0. The van der Waals surface area contributed by atoms with E-state index < -0.39 is 0 Å². The fourth-order valence-corrected chi connectivity index (χ4v) is 3.33. The highest BCUT2D eigenvalue weighted by Crippen LogP contribution is 1.96. The predicted octanol–water partition coefficient (Wildman–Crippen LogP) is 0.696. The van der Waals surface area contributed by atoms with Gasteiger partial charge in [-0.25, -0.2) is 0 Å². The Hall–Kier alpha value is -2.24. The van der Waals surface area contributed by atoms with E-state index in [1.807, 2.05) is 55.4 Å². The summed E-state index contributed by atoms with van der Waals surface area (Å²) in [6.07, 6.45) is 0. The lowest BCUT2D eigenvalue weighted by atomic mass is 10.2. The molecule has 11 heteroatoms. The Kier molecular flexibility index (Phi) is 20.3. The van der Waals surface area contributed by atoms with E-state index in [-0.39, 0.29) is 47.3 Å². The first-order valence-corrected chi connectivity index (χ1v) is 14.5. The molecule has 0 fully saturated rings. The van der Waals surface area contributed by atoms with Crippen LogP contribution in [-0.4, -0.2) is 112 Å². The van der Waals surface area contributed by atoms with Gasteiger partial charge in [0.15, 0.2) is 0 Å². The molecule has 0 saturated heterocycles. The van der Waals surface area contributed by atoms with Crippen molar-refractivity contribution in [2.24, 2.45) is 23.7 Å². The smallest absolute Gasteiger partial charge is 0.222 e. The number of hydrogen-bond donors (Lipinski definition) is 4. The van der Waals surface area contributed by atoms with Crippen LogP contribution in [0.15, 0.2) is 0 Å². The molecule has 0 heterocycles. The van der Waals surface area contributed by atoms with E-state index in [0.717, 1.165) is 0 Å². The van der Waals surface area contributed by atoms with Crippen molar-refractivity contribution in [2.45, 2.75) is 55.4 Å². The number of ether oxygens (including phenoxy) is 1. The lowest BCUT2D eigenvalue weighted by molar-refractivity contribution is -0.125. The summed E-state index contributed by atoms with van der Waals surface area (Å²) in [5, 5.41) is 11.8. The van der Waals surface area contributed by atoms with Gasteiger partial charge in [-0.05, 0) is 0 Å². The van der Waals surface area contributed by atoms with Crippen LogP contribution in [0.3, 0.4) is 0 Å². The van der Waals surface area contributed by atoms with Gasteiger partial charge in [-0.15, -0.1) is 0 Å². The van der Waals surface area contributed by atoms with Crippen LogP contribution in [0.25, 0.3) is 0 Å². The number of carbonyl (C=O) groups excluding carboxylic acids is 4. The molecule has 228 valence electrons. The summed E-state index contributed by atoms with van der Waals surface area (Å²) in [5.74, 6) is -0.163. The predicted molar refractivity (Wildman–Crippen MR) is 155 cm³/mol. The van der Waals surface area contributed by atoms with Crippen LogP contribution in [0.2, 0.25) is 0 Å². The number of amides is 4. The van der Waals surface area contributed by atoms with E-state index >= 15 is 0 Å². The summed E-state index contributed by atoms with van der Waals surface area (Å²) >= 11 is 0. The molecule has 11 nitrogen and oxygen atoms in total. The van der Waals surface area contributed by atoms with Gasteiger partial charge in [0.25, 0.3) is 0 Å². The molecule has 0 aliphatic carbocycles. The number of hydrogen-bond acceptors (Lipinski definition) is 7. The molecule has 0 atom stereocenters. The molecule has 0 radical (unpaired) electrons. The standard InChI is InChI=1S/C28H56N6O5/c1-21(2)25(35)29-9-13-33(14-10-30-26(36)22(3)4)17-19-39-20-18-34(15-11-31-27(37)23(5)6)16-12-32-28(38)24(7)8/h21-24H,9-20H2,1-8H3,(H,29,35)(H,30,36)(H,31,37)(H,32,38). The van der Waals surface area contributed by atoms with Gasteiger partial charge in [0.2, 0.25) is 23.6 Å². The minimum Gasteiger partial charge on any atom is -0.379 e. The maximum absolute atomic E-state index is 11.9. The molecule has 0 aromatic heterocycles. The van der Waals surface area contributed by atoms with Gasteiger partial charge in [-0.1, -0.05) is 55.4 Å². The molecule has 0 saturated carbocycles. The summed E-state index contributed by atoms with van der Waals surface area (Å²) in [6, 6.07) is 0. The molecule has 0 spiro atoms. The van der Waals surface area contributed by atoms with Crippen LogP contribution in [0.4, 0.5) is 0 Å². The molecular weight excluding hydrogens is 500 g/mol. The van der Waals surface area contributed by atoms with Gasteiger partial charge in [0.05, 0.1) is 13.2 Å². The van der Waals surface area contributed by atoms with Crippen molar-refractivity contribution in [1.29, 1.82) is 0 Å². The monoisotopic (exact) mass is 556 g/mol. The second kappa shape index (κ2) is 21.6. The third-order valence-corrected chi connectivity index (χ3v) is 6.11. The molecule has 0 aliphatic heterocycles. The Balaban J connectivity index is 4.67. The molecule has 4 N–H and O–H groups in total. The van der Waals surface area contributed by atoms with E-state index in [2.05, 4.69) is 31.1 Å². The normalized spacial score (nSPS) is 11.6. The Morgan fingerprint density at radius 2 is 0.692 bits per heavy atom. The minimum atomic E-state index is -0.0625. The minimum absolute atomic E-state index is 0.0218. The molecule has 0 bridgehead atoms. The summed E-state index contributed by atoms with van der Waals surface area (Å²) < 4.78 is 5.92. The van der Waals surface area contributed by atoms with E-state index in [0.29, 0.717) is 78.7 Å². The zero-order valence-corrected chi connectivity index (χ0v) is 25.7. The van der Waals surface area contributed by atoms with Gasteiger partial charge in [-0.2, -0.15) is 0 Å². The molecule has 0 aromatic rings. The quantitative estimate of drug-likeness (QED) is 0.144. The lowest BCUT2D eigenvalue weighted by Gasteiger charge is -2.25. The second-order valence-corrected chi connectivity index (χ2v) is 11.1. The van der Waals surface area contributed by atoms with Gasteiger partial charge < -0.3 is 26.0 Å². The Morgan fingerprint density at radius 1 is 0.462 bits per heavy atom. The Morgan fingerprint density at radius 3 is 0.897 bits per heavy atom. The zero-order valence-electron chi connectivity index (χ0n) is 25.7. The van der Waals surface area contributed by atoms with Crippen molar-refractivity contribution in [3.8, 4) is 0 Å². The fraction of sp³-hybridized carbons (Fsp3) is 0.857. The van der Waals surface area contributed by atoms with Crippen molar-refractivity contribution in [1.82, 2.24) is 31.1 Å². The number of rotatable bonds is 22. The topological polar surface area (TPSA) is 132 Å². The average molecular weight is 557 g/mol. The van der Waals surface area contributed by atoms with Crippen molar-refractivity contribution >= 4 is 23.6 Å². The molecule has 39 heavy (non-hydrogen) atoms. The van der Waals surface area contributed by atoms with E-state index in [1.165, 1.54) is 0 Å². The highest BCUT2D eigenvalue weighted by molar-refractivity contribution is 5.78. The first kappa shape index (κ1) is 36.8. The lowest BCUT2D eigenvalue weighted by Crippen LogP contribution is -2.43. The maximum atomic E-state index is 11.9. The number of nitrogens with zero attached hydrogens (tertiary/aromatic N) is 2. The van der Waals surface area contributed by atoms with Crippen molar-refractivity contribution in [3.05, 3.63) is 0 Å². The number of nitrogens with one attached hydrogen (secondary N) is 4. The zero-order chi connectivity index (χ0) is 29.8. The maximum Gasteiger partial charge on any atom is 0.222 e. The third kappa shape index (κ3) is 19.5. The number of carbonyl (C=O) groups is 4. The summed E-state index contributed by atoms with van der Waals surface area (Å²) in [4.78, 5) is 51.9. The highest BCUT2D eigenvalue weighted by Gasteiger charge is 2.13. The Labute approximate surface area is 236 Å². The van der Waals surface area contributed by atoms with Crippen LogP contribution in [-0.2, 0) is 23.9 Å². The van der Waals surface area contributed by atoms with Crippen molar-refractivity contribution in [2.75, 3.05) is 78.7 Å². The van der Waals surface area contributed by atoms with Crippen molar-refractivity contribution in [3.63, 3.8) is 0 Å². The van der Waals surface area contributed by atoms with Gasteiger partial charge in [0.1, 0.15) is 0 Å². The van der Waals surface area contributed by atoms with Gasteiger partial charge in [0, 0.05) is 89.1 Å². The van der Waals surface area contributed by atoms with Crippen LogP contribution in [0, 0.1) is 23.7 Å². The van der Waals surface area contributed by atoms with E-state index in [1.54, 1.807) is 0 Å². The van der Waals surface area contributed by atoms with Gasteiger partial charge in [-0.3, -0.25) is 29.0 Å². The molecule has 0 rings (SSSR count). The van der Waals surface area contributed by atoms with Crippen LogP contribution in [0.5, 0.6) is 0 Å². The van der Waals surface area contributed by atoms with Crippen molar-refractivity contribution < 1.29 is 23.9 Å². The van der Waals surface area contributed by atoms with Crippen LogP contribution in [0.1, 0.15) is 55.4 Å². The molecule has 0 aromatic carbocycles. The first-order chi connectivity index (χ1) is 18.3. The van der Waals surface area contributed by atoms with Gasteiger partial charge >= 0.3 is 0 Å². The van der Waals surface area contributed by atoms with E-state index in [9.17, 15) is 19.2 Å². The largest absolute Gasteiger partial charge is 0.379 e. The molecular formula is C28H56N6O5. The Bertz CT molecular complexity index is 605. The summed E-state index contributed by atoms with van der Waals surface area (Å²) in [7, 11) is 0. The second-order valence-electron chi connectivity index (χ2n) is 11.1. The summed E-state index contributed by atoms with van der Waals surface area (Å²) in [6.45, 7) is 22.1. The molecule has 0 aliphatic rings.